The Bertz CT molecular complexity index is 1860. The first-order valence-corrected chi connectivity index (χ1v) is 15.3. The number of hydrogen-bond donors (Lipinski definition) is 0. The van der Waals surface area contributed by atoms with Crippen LogP contribution in [-0.2, 0) is 29.7 Å². The van der Waals surface area contributed by atoms with E-state index < -0.39 is 5.41 Å². The van der Waals surface area contributed by atoms with Gasteiger partial charge in [0.25, 0.3) is 0 Å². The number of rotatable bonds is 7. The summed E-state index contributed by atoms with van der Waals surface area (Å²) >= 11 is 0. The van der Waals surface area contributed by atoms with Crippen LogP contribution in [0.5, 0.6) is 5.75 Å². The fourth-order valence-corrected chi connectivity index (χ4v) is 6.79. The van der Waals surface area contributed by atoms with E-state index in [1.807, 2.05) is 39.2 Å². The van der Waals surface area contributed by atoms with Crippen LogP contribution in [0.3, 0.4) is 0 Å². The van der Waals surface area contributed by atoms with E-state index >= 15 is 0 Å². The molecular formula is C36H41N5O3. The Kier molecular flexibility index (Phi) is 7.88. The summed E-state index contributed by atoms with van der Waals surface area (Å²) in [6.45, 7) is 12.6. The number of methoxy groups -OCH3 is 1. The maximum absolute atomic E-state index is 13.3. The molecule has 0 amide bonds. The van der Waals surface area contributed by atoms with Gasteiger partial charge in [0, 0.05) is 49.7 Å². The van der Waals surface area contributed by atoms with E-state index in [1.54, 1.807) is 4.68 Å². The number of esters is 1. The molecule has 8 nitrogen and oxygen atoms in total. The lowest BCUT2D eigenvalue weighted by Gasteiger charge is -2.34. The fraction of sp³-hybridized carbons (Fsp3) is 0.389. The van der Waals surface area contributed by atoms with Gasteiger partial charge in [0.2, 0.25) is 0 Å². The second kappa shape index (κ2) is 11.7. The number of aromatic nitrogens is 4. The van der Waals surface area contributed by atoms with Crippen LogP contribution in [0, 0.1) is 19.3 Å². The van der Waals surface area contributed by atoms with Gasteiger partial charge in [0.15, 0.2) is 0 Å². The van der Waals surface area contributed by atoms with Crippen LogP contribution in [0.2, 0.25) is 0 Å². The molecular weight excluding hydrogens is 550 g/mol. The van der Waals surface area contributed by atoms with Crippen LogP contribution in [0.25, 0.3) is 21.9 Å². The van der Waals surface area contributed by atoms with Crippen molar-refractivity contribution in [2.24, 2.45) is 12.5 Å². The van der Waals surface area contributed by atoms with E-state index in [2.05, 4.69) is 78.4 Å². The highest BCUT2D eigenvalue weighted by Crippen LogP contribution is 2.44. The zero-order valence-electron chi connectivity index (χ0n) is 26.7. The summed E-state index contributed by atoms with van der Waals surface area (Å²) in [5, 5.41) is 9.81. The third-order valence-corrected chi connectivity index (χ3v) is 9.35. The third kappa shape index (κ3) is 5.21. The maximum atomic E-state index is 13.3. The van der Waals surface area contributed by atoms with Gasteiger partial charge in [0.05, 0.1) is 23.6 Å². The van der Waals surface area contributed by atoms with Crippen LogP contribution in [0.4, 0.5) is 0 Å². The zero-order chi connectivity index (χ0) is 31.2. The van der Waals surface area contributed by atoms with Crippen molar-refractivity contribution in [2.45, 2.75) is 66.2 Å². The number of fused-ring (bicyclic) bond motifs is 4. The van der Waals surface area contributed by atoms with E-state index in [0.717, 1.165) is 76.0 Å². The summed E-state index contributed by atoms with van der Waals surface area (Å²) in [7, 11) is 3.35. The van der Waals surface area contributed by atoms with Crippen molar-refractivity contribution < 1.29 is 14.3 Å². The standard InChI is InChI=1S/C36H41N5O3/c1-8-27-20-41(21-29-31(44-27)16-13-24-10-9-17-37-34(24)29)19-26-18-25(12-11-22(26)2)32(36(4,5)35(42)43-7)28-14-15-30-33(23(28)3)38-39-40(30)6/h9-18,27,32H,8,19-21H2,1-7H3/t27-,32?/m1/s1. The highest BCUT2D eigenvalue weighted by atomic mass is 16.5. The number of benzene rings is 3. The van der Waals surface area contributed by atoms with Gasteiger partial charge in [-0.05, 0) is 86.2 Å². The highest BCUT2D eigenvalue weighted by molar-refractivity contribution is 5.84. The normalized spacial score (nSPS) is 16.4. The molecule has 2 aromatic heterocycles. The minimum atomic E-state index is -0.838. The van der Waals surface area contributed by atoms with Crippen LogP contribution < -0.4 is 4.74 Å². The molecule has 6 rings (SSSR count). The van der Waals surface area contributed by atoms with Crippen molar-refractivity contribution in [3.63, 3.8) is 0 Å². The fourth-order valence-electron chi connectivity index (χ4n) is 6.79. The minimum Gasteiger partial charge on any atom is -0.489 e. The average Bonchev–Trinajstić information content (AvgIpc) is 3.30. The monoisotopic (exact) mass is 591 g/mol. The van der Waals surface area contributed by atoms with Gasteiger partial charge in [0.1, 0.15) is 17.4 Å². The van der Waals surface area contributed by atoms with Gasteiger partial charge in [-0.25, -0.2) is 4.68 Å². The number of pyridine rings is 1. The van der Waals surface area contributed by atoms with Gasteiger partial charge in [-0.15, -0.1) is 5.10 Å². The average molecular weight is 592 g/mol. The summed E-state index contributed by atoms with van der Waals surface area (Å²) in [5.74, 6) is 0.408. The molecule has 3 aromatic carbocycles. The van der Waals surface area contributed by atoms with Gasteiger partial charge >= 0.3 is 5.97 Å². The van der Waals surface area contributed by atoms with Crippen molar-refractivity contribution in [2.75, 3.05) is 13.7 Å². The molecule has 3 heterocycles. The van der Waals surface area contributed by atoms with Gasteiger partial charge in [-0.2, -0.15) is 0 Å². The summed E-state index contributed by atoms with van der Waals surface area (Å²) < 4.78 is 13.7. The number of hydrogen-bond acceptors (Lipinski definition) is 7. The molecule has 0 N–H and O–H groups in total. The van der Waals surface area contributed by atoms with E-state index in [0.29, 0.717) is 0 Å². The van der Waals surface area contributed by atoms with Crippen molar-refractivity contribution >= 4 is 27.9 Å². The predicted octanol–water partition coefficient (Wildman–Crippen LogP) is 6.64. The largest absolute Gasteiger partial charge is 0.489 e. The Hall–Kier alpha value is -4.30. The number of carbonyl (C=O) groups excluding carboxylic acids is 1. The van der Waals surface area contributed by atoms with Crippen LogP contribution in [-0.4, -0.2) is 50.6 Å². The lowest BCUT2D eigenvalue weighted by atomic mass is 9.69. The van der Waals surface area contributed by atoms with Crippen LogP contribution >= 0.6 is 0 Å². The van der Waals surface area contributed by atoms with Crippen LogP contribution in [0.1, 0.15) is 66.5 Å². The summed E-state index contributed by atoms with van der Waals surface area (Å²) in [5.41, 5.74) is 8.65. The Morgan fingerprint density at radius 3 is 2.70 bits per heavy atom. The molecule has 0 aliphatic carbocycles. The summed E-state index contributed by atoms with van der Waals surface area (Å²) in [6.07, 6.45) is 2.84. The second-order valence-electron chi connectivity index (χ2n) is 12.6. The van der Waals surface area contributed by atoms with E-state index in [1.165, 1.54) is 18.2 Å². The molecule has 0 saturated carbocycles. The number of ether oxygens (including phenoxy) is 2. The predicted molar refractivity (Wildman–Crippen MR) is 173 cm³/mol. The van der Waals surface area contributed by atoms with E-state index in [-0.39, 0.29) is 18.0 Å². The van der Waals surface area contributed by atoms with Crippen molar-refractivity contribution in [1.29, 1.82) is 0 Å². The highest BCUT2D eigenvalue weighted by Gasteiger charge is 2.41. The lowest BCUT2D eigenvalue weighted by molar-refractivity contribution is -0.151. The van der Waals surface area contributed by atoms with Crippen LogP contribution in [0.15, 0.2) is 60.8 Å². The van der Waals surface area contributed by atoms with Crippen molar-refractivity contribution in [1.82, 2.24) is 24.9 Å². The molecule has 44 heavy (non-hydrogen) atoms. The number of aryl methyl sites for hydroxylation is 3. The molecule has 5 aromatic rings. The Balaban J connectivity index is 1.42. The van der Waals surface area contributed by atoms with Crippen molar-refractivity contribution in [3.8, 4) is 5.75 Å². The molecule has 0 fully saturated rings. The second-order valence-corrected chi connectivity index (χ2v) is 12.6. The third-order valence-electron chi connectivity index (χ3n) is 9.35. The minimum absolute atomic E-state index is 0.0771. The lowest BCUT2D eigenvalue weighted by Crippen LogP contribution is -2.34. The molecule has 0 bridgehead atoms. The SMILES string of the molecule is CC[C@@H]1CN(Cc2cc(C(c3ccc4c(nnn4C)c3C)C(C)(C)C(=O)OC)ccc2C)Cc2c(ccc3cccnc23)O1. The molecule has 228 valence electrons. The molecule has 0 radical (unpaired) electrons. The quantitative estimate of drug-likeness (QED) is 0.196. The molecule has 8 heteroatoms. The molecule has 1 aliphatic heterocycles. The topological polar surface area (TPSA) is 82.4 Å². The summed E-state index contributed by atoms with van der Waals surface area (Å²) in [4.78, 5) is 20.5. The first kappa shape index (κ1) is 29.8. The van der Waals surface area contributed by atoms with Gasteiger partial charge in [-0.3, -0.25) is 14.7 Å². The molecule has 1 unspecified atom stereocenters. The first-order chi connectivity index (χ1) is 21.1. The smallest absolute Gasteiger partial charge is 0.312 e. The Morgan fingerprint density at radius 2 is 1.93 bits per heavy atom. The molecule has 0 saturated heterocycles. The molecule has 0 spiro atoms. The number of carbonyl (C=O) groups is 1. The molecule has 1 aliphatic rings. The van der Waals surface area contributed by atoms with Gasteiger partial charge < -0.3 is 9.47 Å². The van der Waals surface area contributed by atoms with Gasteiger partial charge in [-0.1, -0.05) is 42.5 Å². The van der Waals surface area contributed by atoms with E-state index in [9.17, 15) is 4.79 Å². The number of nitrogens with zero attached hydrogens (tertiary/aromatic N) is 5. The Morgan fingerprint density at radius 1 is 1.11 bits per heavy atom. The van der Waals surface area contributed by atoms with Crippen molar-refractivity contribution in [3.05, 3.63) is 94.2 Å². The Labute approximate surface area is 259 Å². The van der Waals surface area contributed by atoms with E-state index in [4.69, 9.17) is 14.5 Å². The summed E-state index contributed by atoms with van der Waals surface area (Å²) in [6, 6.07) is 19.0. The maximum Gasteiger partial charge on any atom is 0.312 e. The zero-order valence-corrected chi connectivity index (χ0v) is 26.7. The first-order valence-electron chi connectivity index (χ1n) is 15.3. The molecule has 2 atom stereocenters.